The highest BCUT2D eigenvalue weighted by Gasteiger charge is 2.38. The molecule has 0 amide bonds. The van der Waals surface area contributed by atoms with E-state index in [1.54, 1.807) is 0 Å². The smallest absolute Gasteiger partial charge is 0.0326 e. The second-order valence-corrected chi connectivity index (χ2v) is 11.5. The Morgan fingerprint density at radius 3 is 1.27 bits per heavy atom. The molecule has 0 aromatic carbocycles. The first-order chi connectivity index (χ1) is 11.8. The van der Waals surface area contributed by atoms with E-state index in [1.165, 1.54) is 19.3 Å². The van der Waals surface area contributed by atoms with Gasteiger partial charge in [0.1, 0.15) is 0 Å². The number of hydrogen-bond donors (Lipinski definition) is 0. The first-order valence-corrected chi connectivity index (χ1v) is 11.8. The second kappa shape index (κ2) is 9.47. The van der Waals surface area contributed by atoms with Gasteiger partial charge >= 0.3 is 0 Å². The minimum absolute atomic E-state index is 0.453. The molecule has 0 saturated heterocycles. The maximum Gasteiger partial charge on any atom is -0.0326 e. The van der Waals surface area contributed by atoms with E-state index >= 15 is 0 Å². The fourth-order valence-corrected chi connectivity index (χ4v) is 5.93. The van der Waals surface area contributed by atoms with Crippen molar-refractivity contribution < 1.29 is 0 Å². The molecule has 0 N–H and O–H groups in total. The third-order valence-electron chi connectivity index (χ3n) is 10.2. The van der Waals surface area contributed by atoms with Gasteiger partial charge in [-0.05, 0) is 71.0 Å². The van der Waals surface area contributed by atoms with Crippen molar-refractivity contribution in [2.45, 2.75) is 102 Å². The molecule has 0 heteroatoms. The van der Waals surface area contributed by atoms with E-state index in [-0.39, 0.29) is 0 Å². The summed E-state index contributed by atoms with van der Waals surface area (Å²) in [5.41, 5.74) is 0.453. The van der Waals surface area contributed by atoms with Crippen molar-refractivity contribution in [3.05, 3.63) is 0 Å². The van der Waals surface area contributed by atoms with Crippen LogP contribution in [0.1, 0.15) is 102 Å². The summed E-state index contributed by atoms with van der Waals surface area (Å²) < 4.78 is 0. The van der Waals surface area contributed by atoms with Crippen LogP contribution in [-0.2, 0) is 0 Å². The lowest BCUT2D eigenvalue weighted by Gasteiger charge is -2.44. The first-order valence-electron chi connectivity index (χ1n) is 11.8. The van der Waals surface area contributed by atoms with Crippen LogP contribution in [0.25, 0.3) is 0 Å². The van der Waals surface area contributed by atoms with Crippen LogP contribution in [-0.4, -0.2) is 0 Å². The van der Waals surface area contributed by atoms with E-state index in [1.807, 2.05) is 0 Å². The Bertz CT molecular complexity index is 408. The van der Waals surface area contributed by atoms with Gasteiger partial charge in [0.15, 0.2) is 0 Å². The predicted molar refractivity (Wildman–Crippen MR) is 119 cm³/mol. The zero-order valence-electron chi connectivity index (χ0n) is 20.4. The van der Waals surface area contributed by atoms with Gasteiger partial charge in [0.2, 0.25) is 0 Å². The lowest BCUT2D eigenvalue weighted by molar-refractivity contribution is 0.0455. The molecule has 0 nitrogen and oxygen atoms in total. The molecule has 1 rings (SSSR count). The minimum atomic E-state index is 0.453. The molecule has 0 heterocycles. The summed E-state index contributed by atoms with van der Waals surface area (Å²) in [5.74, 6) is 8.07. The normalized spacial score (nSPS) is 49.4. The number of rotatable bonds is 0. The third kappa shape index (κ3) is 5.29. The second-order valence-electron chi connectivity index (χ2n) is 11.5. The van der Waals surface area contributed by atoms with E-state index in [2.05, 4.69) is 83.1 Å². The highest BCUT2D eigenvalue weighted by atomic mass is 14.4. The maximum absolute atomic E-state index is 2.54. The molecule has 0 aromatic heterocycles. The fraction of sp³-hybridized carbons (Fsp3) is 1.00. The molecule has 0 aromatic rings. The summed E-state index contributed by atoms with van der Waals surface area (Å²) in [6.07, 6.45) is 4.18. The molecule has 156 valence electrons. The highest BCUT2D eigenvalue weighted by Crippen LogP contribution is 2.46. The number of hydrogen-bond acceptors (Lipinski definition) is 0. The molecule has 0 radical (unpaired) electrons. The Morgan fingerprint density at radius 1 is 0.500 bits per heavy atom. The fourth-order valence-electron chi connectivity index (χ4n) is 5.93. The van der Waals surface area contributed by atoms with Crippen LogP contribution in [0.5, 0.6) is 0 Å². The van der Waals surface area contributed by atoms with E-state index in [9.17, 15) is 0 Å². The minimum Gasteiger partial charge on any atom is -0.0622 e. The van der Waals surface area contributed by atoms with Crippen molar-refractivity contribution in [2.24, 2.45) is 64.6 Å². The predicted octanol–water partition coefficient (Wildman–Crippen LogP) is 8.56. The highest BCUT2D eigenvalue weighted by molar-refractivity contribution is 4.87. The van der Waals surface area contributed by atoms with Gasteiger partial charge in [0, 0.05) is 0 Å². The summed E-state index contributed by atoms with van der Waals surface area (Å²) in [4.78, 5) is 0. The van der Waals surface area contributed by atoms with Crippen molar-refractivity contribution in [3.8, 4) is 0 Å². The summed E-state index contributed by atoms with van der Waals surface area (Å²) >= 11 is 0. The molecular weight excluding hydrogens is 312 g/mol. The molecule has 1 aliphatic carbocycles. The van der Waals surface area contributed by atoms with Crippen LogP contribution in [0.4, 0.5) is 0 Å². The van der Waals surface area contributed by atoms with Gasteiger partial charge in [-0.25, -0.2) is 0 Å². The molecule has 1 fully saturated rings. The van der Waals surface area contributed by atoms with Crippen LogP contribution >= 0.6 is 0 Å². The zero-order valence-corrected chi connectivity index (χ0v) is 20.4. The molecule has 0 spiro atoms. The lowest BCUT2D eigenvalue weighted by atomic mass is 9.61. The first kappa shape index (κ1) is 24.0. The van der Waals surface area contributed by atoms with E-state index in [4.69, 9.17) is 0 Å². The average molecular weight is 365 g/mol. The monoisotopic (exact) mass is 364 g/mol. The van der Waals surface area contributed by atoms with Crippen LogP contribution in [0.3, 0.4) is 0 Å². The molecule has 0 aliphatic heterocycles. The summed E-state index contributed by atoms with van der Waals surface area (Å²) in [6, 6.07) is 0. The van der Waals surface area contributed by atoms with Gasteiger partial charge < -0.3 is 0 Å². The molecule has 26 heavy (non-hydrogen) atoms. The van der Waals surface area contributed by atoms with E-state index in [0.717, 1.165) is 59.2 Å². The van der Waals surface area contributed by atoms with Crippen LogP contribution in [0, 0.1) is 64.6 Å². The van der Waals surface area contributed by atoms with Crippen molar-refractivity contribution in [1.82, 2.24) is 0 Å². The Kier molecular flexibility index (Phi) is 8.75. The molecule has 10 atom stereocenters. The van der Waals surface area contributed by atoms with Crippen LogP contribution < -0.4 is 0 Å². The average Bonchev–Trinajstić information content (AvgIpc) is 2.61. The Balaban J connectivity index is 3.15. The van der Waals surface area contributed by atoms with Crippen molar-refractivity contribution in [1.29, 1.82) is 0 Å². The van der Waals surface area contributed by atoms with Crippen molar-refractivity contribution in [3.63, 3.8) is 0 Å². The molecule has 1 aliphatic rings. The van der Waals surface area contributed by atoms with E-state index < -0.39 is 0 Å². The van der Waals surface area contributed by atoms with Gasteiger partial charge in [-0.3, -0.25) is 0 Å². The van der Waals surface area contributed by atoms with Gasteiger partial charge in [0.25, 0.3) is 0 Å². The molecule has 1 saturated carbocycles. The Labute approximate surface area is 167 Å². The Hall–Kier alpha value is 0. The molecule has 10 unspecified atom stereocenters. The van der Waals surface area contributed by atoms with Crippen LogP contribution in [0.15, 0.2) is 0 Å². The van der Waals surface area contributed by atoms with Crippen LogP contribution in [0.2, 0.25) is 0 Å². The van der Waals surface area contributed by atoms with Gasteiger partial charge in [-0.1, -0.05) is 95.9 Å². The van der Waals surface area contributed by atoms with Gasteiger partial charge in [0.05, 0.1) is 0 Å². The summed E-state index contributed by atoms with van der Waals surface area (Å²) in [5, 5.41) is 0. The maximum atomic E-state index is 2.54. The quantitative estimate of drug-likeness (QED) is 0.404. The zero-order chi connectivity index (χ0) is 20.4. The van der Waals surface area contributed by atoms with Gasteiger partial charge in [-0.2, -0.15) is 0 Å². The van der Waals surface area contributed by atoms with Gasteiger partial charge in [-0.15, -0.1) is 0 Å². The van der Waals surface area contributed by atoms with Crippen molar-refractivity contribution in [2.75, 3.05) is 0 Å². The molecule has 0 bridgehead atoms. The topological polar surface area (TPSA) is 0 Å². The summed E-state index contributed by atoms with van der Waals surface area (Å²) in [7, 11) is 0. The lowest BCUT2D eigenvalue weighted by Crippen LogP contribution is -2.37. The third-order valence-corrected chi connectivity index (χ3v) is 10.2. The Morgan fingerprint density at radius 2 is 0.846 bits per heavy atom. The van der Waals surface area contributed by atoms with Crippen molar-refractivity contribution >= 4 is 0 Å². The standard InChI is InChI=1S/C26H52/c1-16-14-13-15-26(11,12)25(10)24(9)23(8)22(7)21(6)20(5)19(4)18(3)17(16)2/h16-25H,13-15H2,1-12H3. The molecular formula is C26H52. The van der Waals surface area contributed by atoms with E-state index in [0.29, 0.717) is 5.41 Å². The largest absolute Gasteiger partial charge is 0.0622 e. The summed E-state index contributed by atoms with van der Waals surface area (Å²) in [6.45, 7) is 30.4. The SMILES string of the molecule is CC1CCCC(C)(C)C(C)C(C)C(C)C(C)C(C)C(C)C(C)C(C)C1C.